The van der Waals surface area contributed by atoms with Crippen LogP contribution in [-0.2, 0) is 0 Å². The molecule has 0 aliphatic rings. The van der Waals surface area contributed by atoms with Gasteiger partial charge in [0, 0.05) is 0 Å². The lowest BCUT2D eigenvalue weighted by Crippen LogP contribution is -2.04. The van der Waals surface area contributed by atoms with E-state index in [0.29, 0.717) is 0 Å². The first kappa shape index (κ1) is 10.3. The standard InChI is InChI=1S/C10H10N4O2/c1-6-4-3-5-8(7(6)2)14-12-9(10(15)16)11-13-14/h3-5H,1-2H3,(H,15,16). The van der Waals surface area contributed by atoms with Gasteiger partial charge >= 0.3 is 5.97 Å². The number of hydrogen-bond acceptors (Lipinski definition) is 4. The third kappa shape index (κ3) is 1.65. The van der Waals surface area contributed by atoms with Crippen molar-refractivity contribution in [3.05, 3.63) is 35.2 Å². The molecule has 0 saturated heterocycles. The van der Waals surface area contributed by atoms with E-state index in [1.807, 2.05) is 32.0 Å². The average Bonchev–Trinajstić information content (AvgIpc) is 2.71. The third-order valence-corrected chi connectivity index (χ3v) is 2.40. The van der Waals surface area contributed by atoms with Crippen LogP contribution in [0.4, 0.5) is 0 Å². The predicted molar refractivity (Wildman–Crippen MR) is 55.6 cm³/mol. The smallest absolute Gasteiger partial charge is 0.377 e. The Kier molecular flexibility index (Phi) is 2.40. The van der Waals surface area contributed by atoms with Crippen molar-refractivity contribution in [1.82, 2.24) is 20.2 Å². The SMILES string of the molecule is Cc1cccc(-n2nnc(C(=O)O)n2)c1C. The van der Waals surface area contributed by atoms with Crippen molar-refractivity contribution in [2.24, 2.45) is 0 Å². The molecular formula is C10H10N4O2. The van der Waals surface area contributed by atoms with Crippen LogP contribution in [0, 0.1) is 13.8 Å². The number of hydrogen-bond donors (Lipinski definition) is 1. The molecular weight excluding hydrogens is 208 g/mol. The van der Waals surface area contributed by atoms with Gasteiger partial charge in [0.25, 0.3) is 5.82 Å². The van der Waals surface area contributed by atoms with Gasteiger partial charge in [-0.05, 0) is 36.3 Å². The van der Waals surface area contributed by atoms with Crippen LogP contribution in [0.1, 0.15) is 21.7 Å². The summed E-state index contributed by atoms with van der Waals surface area (Å²) >= 11 is 0. The number of aryl methyl sites for hydroxylation is 1. The fourth-order valence-electron chi connectivity index (χ4n) is 1.35. The summed E-state index contributed by atoms with van der Waals surface area (Å²) in [5.41, 5.74) is 2.82. The first-order valence-electron chi connectivity index (χ1n) is 4.69. The molecule has 0 spiro atoms. The number of tetrazole rings is 1. The van der Waals surface area contributed by atoms with Crippen LogP contribution in [0.2, 0.25) is 0 Å². The van der Waals surface area contributed by atoms with E-state index in [1.165, 1.54) is 4.80 Å². The summed E-state index contributed by atoms with van der Waals surface area (Å²) in [6.07, 6.45) is 0. The van der Waals surface area contributed by atoms with Crippen molar-refractivity contribution < 1.29 is 9.90 Å². The van der Waals surface area contributed by atoms with Crippen molar-refractivity contribution in [3.63, 3.8) is 0 Å². The molecule has 82 valence electrons. The highest BCUT2D eigenvalue weighted by molar-refractivity contribution is 5.82. The molecule has 6 heteroatoms. The zero-order valence-corrected chi connectivity index (χ0v) is 8.88. The average molecular weight is 218 g/mol. The minimum absolute atomic E-state index is 0.305. The van der Waals surface area contributed by atoms with Gasteiger partial charge in [0.2, 0.25) is 0 Å². The molecule has 16 heavy (non-hydrogen) atoms. The Morgan fingerprint density at radius 2 is 2.12 bits per heavy atom. The molecule has 2 rings (SSSR count). The fraction of sp³-hybridized carbons (Fsp3) is 0.200. The number of benzene rings is 1. The molecule has 1 N–H and O–H groups in total. The quantitative estimate of drug-likeness (QED) is 0.812. The van der Waals surface area contributed by atoms with E-state index >= 15 is 0 Å². The zero-order valence-electron chi connectivity index (χ0n) is 8.88. The molecule has 2 aromatic rings. The van der Waals surface area contributed by atoms with Gasteiger partial charge in [-0.1, -0.05) is 12.1 Å². The Hall–Kier alpha value is -2.24. The first-order valence-corrected chi connectivity index (χ1v) is 4.69. The van der Waals surface area contributed by atoms with E-state index in [9.17, 15) is 4.79 Å². The molecule has 0 radical (unpaired) electrons. The number of rotatable bonds is 2. The highest BCUT2D eigenvalue weighted by Gasteiger charge is 2.12. The molecule has 0 amide bonds. The number of aromatic carboxylic acids is 1. The molecule has 0 atom stereocenters. The number of carboxylic acid groups (broad SMARTS) is 1. The molecule has 0 fully saturated rings. The molecule has 0 unspecified atom stereocenters. The number of carboxylic acids is 1. The van der Waals surface area contributed by atoms with Gasteiger partial charge in [0.1, 0.15) is 0 Å². The fourth-order valence-corrected chi connectivity index (χ4v) is 1.35. The van der Waals surface area contributed by atoms with Crippen molar-refractivity contribution in [3.8, 4) is 5.69 Å². The lowest BCUT2D eigenvalue weighted by atomic mass is 10.1. The monoisotopic (exact) mass is 218 g/mol. The molecule has 1 aromatic carbocycles. The molecule has 1 aromatic heterocycles. The lowest BCUT2D eigenvalue weighted by molar-refractivity contribution is 0.0683. The Balaban J connectivity index is 2.50. The summed E-state index contributed by atoms with van der Waals surface area (Å²) < 4.78 is 0. The van der Waals surface area contributed by atoms with Crippen LogP contribution in [0.25, 0.3) is 5.69 Å². The summed E-state index contributed by atoms with van der Waals surface area (Å²) in [6, 6.07) is 5.64. The minimum Gasteiger partial charge on any atom is -0.475 e. The highest BCUT2D eigenvalue weighted by atomic mass is 16.4. The van der Waals surface area contributed by atoms with E-state index in [0.717, 1.165) is 16.8 Å². The summed E-state index contributed by atoms with van der Waals surface area (Å²) in [7, 11) is 0. The second kappa shape index (κ2) is 3.73. The van der Waals surface area contributed by atoms with E-state index in [4.69, 9.17) is 5.11 Å². The normalized spacial score (nSPS) is 10.4. The van der Waals surface area contributed by atoms with E-state index in [-0.39, 0.29) is 5.82 Å². The first-order chi connectivity index (χ1) is 7.59. The lowest BCUT2D eigenvalue weighted by Gasteiger charge is -2.05. The maximum absolute atomic E-state index is 10.6. The topological polar surface area (TPSA) is 80.9 Å². The molecule has 0 aliphatic heterocycles. The summed E-state index contributed by atoms with van der Waals surface area (Å²) in [4.78, 5) is 11.8. The maximum Gasteiger partial charge on any atom is 0.377 e. The molecule has 0 bridgehead atoms. The van der Waals surface area contributed by atoms with E-state index in [1.54, 1.807) is 0 Å². The van der Waals surface area contributed by atoms with Gasteiger partial charge in [-0.2, -0.15) is 0 Å². The third-order valence-electron chi connectivity index (χ3n) is 2.40. The molecule has 1 heterocycles. The van der Waals surface area contributed by atoms with Crippen LogP contribution in [0.15, 0.2) is 18.2 Å². The van der Waals surface area contributed by atoms with Crippen molar-refractivity contribution in [2.45, 2.75) is 13.8 Å². The number of carbonyl (C=O) groups is 1. The Morgan fingerprint density at radius 1 is 1.38 bits per heavy atom. The summed E-state index contributed by atoms with van der Waals surface area (Å²) in [5.74, 6) is -1.49. The van der Waals surface area contributed by atoms with Crippen molar-refractivity contribution in [2.75, 3.05) is 0 Å². The van der Waals surface area contributed by atoms with Gasteiger partial charge in [-0.25, -0.2) is 4.79 Å². The number of nitrogens with zero attached hydrogens (tertiary/aromatic N) is 4. The minimum atomic E-state index is -1.18. The van der Waals surface area contributed by atoms with E-state index in [2.05, 4.69) is 15.4 Å². The van der Waals surface area contributed by atoms with Gasteiger partial charge < -0.3 is 5.11 Å². The van der Waals surface area contributed by atoms with Gasteiger partial charge in [0.15, 0.2) is 0 Å². The molecule has 0 saturated carbocycles. The highest BCUT2D eigenvalue weighted by Crippen LogP contribution is 2.15. The van der Waals surface area contributed by atoms with Gasteiger partial charge in [-0.15, -0.1) is 15.0 Å². The summed E-state index contributed by atoms with van der Waals surface area (Å²) in [5, 5.41) is 19.6. The van der Waals surface area contributed by atoms with Crippen molar-refractivity contribution in [1.29, 1.82) is 0 Å². The van der Waals surface area contributed by atoms with Gasteiger partial charge in [0.05, 0.1) is 5.69 Å². The second-order valence-electron chi connectivity index (χ2n) is 3.43. The number of aromatic nitrogens is 4. The molecule has 6 nitrogen and oxygen atoms in total. The molecule has 0 aliphatic carbocycles. The van der Waals surface area contributed by atoms with E-state index < -0.39 is 5.97 Å². The van der Waals surface area contributed by atoms with Crippen LogP contribution in [0.3, 0.4) is 0 Å². The van der Waals surface area contributed by atoms with Crippen LogP contribution >= 0.6 is 0 Å². The zero-order chi connectivity index (χ0) is 11.7. The Bertz CT molecular complexity index is 548. The summed E-state index contributed by atoms with van der Waals surface area (Å²) in [6.45, 7) is 3.89. The van der Waals surface area contributed by atoms with Crippen molar-refractivity contribution >= 4 is 5.97 Å². The van der Waals surface area contributed by atoms with Gasteiger partial charge in [-0.3, -0.25) is 0 Å². The second-order valence-corrected chi connectivity index (χ2v) is 3.43. The Morgan fingerprint density at radius 3 is 2.75 bits per heavy atom. The van der Waals surface area contributed by atoms with Crippen LogP contribution in [-0.4, -0.2) is 31.3 Å². The van der Waals surface area contributed by atoms with Crippen LogP contribution in [0.5, 0.6) is 0 Å². The maximum atomic E-state index is 10.6. The largest absolute Gasteiger partial charge is 0.475 e. The predicted octanol–water partition coefficient (Wildman–Crippen LogP) is 0.977. The van der Waals surface area contributed by atoms with Crippen LogP contribution < -0.4 is 0 Å². The Labute approximate surface area is 91.5 Å².